The lowest BCUT2D eigenvalue weighted by molar-refractivity contribution is 1.30. The fourth-order valence-electron chi connectivity index (χ4n) is 0.983. The normalized spacial score (nSPS) is 12.9. The lowest BCUT2D eigenvalue weighted by Crippen LogP contribution is -1.91. The van der Waals surface area contributed by atoms with Gasteiger partial charge in [-0.2, -0.15) is 0 Å². The van der Waals surface area contributed by atoms with E-state index in [1.165, 1.54) is 0 Å². The van der Waals surface area contributed by atoms with E-state index in [2.05, 4.69) is 24.7 Å². The molecule has 0 aliphatic heterocycles. The van der Waals surface area contributed by atoms with E-state index < -0.39 is 0 Å². The Bertz CT molecular complexity index is 327. The Morgan fingerprint density at radius 1 is 1.27 bits per heavy atom. The summed E-state index contributed by atoms with van der Waals surface area (Å²) in [4.78, 5) is 4.29. The molecule has 0 aliphatic rings. The van der Waals surface area contributed by atoms with Gasteiger partial charge in [-0.1, -0.05) is 43.5 Å². The molecule has 0 aromatic heterocycles. The minimum absolute atomic E-state index is 0.802. The van der Waals surface area contributed by atoms with Crippen molar-refractivity contribution < 1.29 is 0 Å². The van der Waals surface area contributed by atoms with Gasteiger partial charge in [-0.25, -0.2) is 0 Å². The zero-order valence-corrected chi connectivity index (χ0v) is 9.66. The first-order valence-electron chi connectivity index (χ1n) is 4.89. The van der Waals surface area contributed by atoms with Crippen molar-refractivity contribution in [3.8, 4) is 0 Å². The van der Waals surface area contributed by atoms with Crippen molar-refractivity contribution in [2.24, 2.45) is 4.99 Å². The van der Waals surface area contributed by atoms with Crippen LogP contribution >= 0.6 is 0 Å². The van der Waals surface area contributed by atoms with Crippen LogP contribution in [0.3, 0.4) is 0 Å². The summed E-state index contributed by atoms with van der Waals surface area (Å²) in [6.45, 7) is 15.1. The number of aliphatic imine (C=N–C) groups is 1. The number of allylic oxidation sites excluding steroid dienone is 6. The molecule has 0 amide bonds. The molecular formula is C14H19N. The Hall–Kier alpha value is -1.63. The van der Waals surface area contributed by atoms with Crippen LogP contribution in [-0.2, 0) is 0 Å². The van der Waals surface area contributed by atoms with Crippen LogP contribution in [0.2, 0.25) is 0 Å². The fourth-order valence-corrected chi connectivity index (χ4v) is 0.983. The molecule has 0 saturated carbocycles. The van der Waals surface area contributed by atoms with E-state index in [-0.39, 0.29) is 0 Å². The first-order chi connectivity index (χ1) is 7.10. The SMILES string of the molecule is C=C/C=C(\C=C)CC(C)=N/C=C\C(=C)C. The van der Waals surface area contributed by atoms with E-state index in [9.17, 15) is 0 Å². The molecule has 0 radical (unpaired) electrons. The zero-order valence-electron chi connectivity index (χ0n) is 9.66. The molecule has 0 aliphatic carbocycles. The molecule has 0 bridgehead atoms. The second-order valence-electron chi connectivity index (χ2n) is 3.38. The molecule has 1 heteroatoms. The highest BCUT2D eigenvalue weighted by Crippen LogP contribution is 2.05. The third-order valence-electron chi connectivity index (χ3n) is 1.71. The van der Waals surface area contributed by atoms with Gasteiger partial charge in [0.05, 0.1) is 0 Å². The summed E-state index contributed by atoms with van der Waals surface area (Å²) in [7, 11) is 0. The van der Waals surface area contributed by atoms with Crippen molar-refractivity contribution >= 4 is 5.71 Å². The van der Waals surface area contributed by atoms with Crippen molar-refractivity contribution in [2.45, 2.75) is 20.3 Å². The molecule has 0 atom stereocenters. The third-order valence-corrected chi connectivity index (χ3v) is 1.71. The monoisotopic (exact) mass is 201 g/mol. The number of hydrogen-bond acceptors (Lipinski definition) is 1. The summed E-state index contributed by atoms with van der Waals surface area (Å²) < 4.78 is 0. The topological polar surface area (TPSA) is 12.4 Å². The Labute approximate surface area is 92.9 Å². The summed E-state index contributed by atoms with van der Waals surface area (Å²) in [5.41, 5.74) is 3.16. The van der Waals surface area contributed by atoms with Gasteiger partial charge in [0.1, 0.15) is 0 Å². The van der Waals surface area contributed by atoms with Crippen LogP contribution in [0.4, 0.5) is 0 Å². The molecule has 0 heterocycles. The van der Waals surface area contributed by atoms with Crippen LogP contribution in [-0.4, -0.2) is 5.71 Å². The lowest BCUT2D eigenvalue weighted by atomic mass is 10.1. The van der Waals surface area contributed by atoms with Crippen LogP contribution in [0.15, 0.2) is 66.4 Å². The highest BCUT2D eigenvalue weighted by Gasteiger charge is 1.93. The Kier molecular flexibility index (Phi) is 6.90. The van der Waals surface area contributed by atoms with Crippen LogP contribution < -0.4 is 0 Å². The fraction of sp³-hybridized carbons (Fsp3) is 0.214. The maximum atomic E-state index is 4.29. The second kappa shape index (κ2) is 7.74. The number of rotatable bonds is 6. The molecule has 0 fully saturated rings. The molecule has 0 N–H and O–H groups in total. The highest BCUT2D eigenvalue weighted by molar-refractivity contribution is 5.85. The van der Waals surface area contributed by atoms with Gasteiger partial charge in [-0.3, -0.25) is 4.99 Å². The van der Waals surface area contributed by atoms with Gasteiger partial charge in [-0.15, -0.1) is 0 Å². The average Bonchev–Trinajstić information content (AvgIpc) is 2.16. The molecule has 80 valence electrons. The summed E-state index contributed by atoms with van der Waals surface area (Å²) in [6.07, 6.45) is 9.97. The van der Waals surface area contributed by atoms with Crippen molar-refractivity contribution in [3.05, 3.63) is 61.4 Å². The molecule has 0 aromatic carbocycles. The first kappa shape index (κ1) is 13.4. The van der Waals surface area contributed by atoms with Crippen molar-refractivity contribution in [2.75, 3.05) is 0 Å². The second-order valence-corrected chi connectivity index (χ2v) is 3.38. The van der Waals surface area contributed by atoms with Crippen molar-refractivity contribution in [1.29, 1.82) is 0 Å². The molecule has 15 heavy (non-hydrogen) atoms. The summed E-state index contributed by atoms with van der Waals surface area (Å²) in [5.74, 6) is 0. The smallest absolute Gasteiger partial charge is 0.0269 e. The molecule has 0 spiro atoms. The molecule has 0 aromatic rings. The summed E-state index contributed by atoms with van der Waals surface area (Å²) in [6, 6.07) is 0. The standard InChI is InChI=1S/C14H19N/c1-6-8-14(7-2)11-13(5)15-10-9-12(3)4/h6-10H,1-3,11H2,4-5H3/b10-9-,14-8+,15-13?. The zero-order chi connectivity index (χ0) is 11.7. The van der Waals surface area contributed by atoms with Crippen LogP contribution in [0, 0.1) is 0 Å². The molecule has 0 unspecified atom stereocenters. The lowest BCUT2D eigenvalue weighted by Gasteiger charge is -1.99. The van der Waals surface area contributed by atoms with E-state index in [1.807, 2.05) is 32.1 Å². The third kappa shape index (κ3) is 7.44. The van der Waals surface area contributed by atoms with Gasteiger partial charge in [-0.05, 0) is 25.5 Å². The maximum Gasteiger partial charge on any atom is 0.0269 e. The Balaban J connectivity index is 4.40. The summed E-state index contributed by atoms with van der Waals surface area (Å²) in [5, 5.41) is 0. The highest BCUT2D eigenvalue weighted by atomic mass is 14.7. The van der Waals surface area contributed by atoms with Gasteiger partial charge >= 0.3 is 0 Å². The molecule has 1 nitrogen and oxygen atoms in total. The predicted molar refractivity (Wildman–Crippen MR) is 70.2 cm³/mol. The van der Waals surface area contributed by atoms with Gasteiger partial charge in [0.15, 0.2) is 0 Å². The number of nitrogens with zero attached hydrogens (tertiary/aromatic N) is 1. The van der Waals surface area contributed by atoms with Crippen molar-refractivity contribution in [3.63, 3.8) is 0 Å². The first-order valence-corrected chi connectivity index (χ1v) is 4.89. The molecule has 0 saturated heterocycles. The van der Waals surface area contributed by atoms with E-state index in [4.69, 9.17) is 0 Å². The number of hydrogen-bond donors (Lipinski definition) is 0. The predicted octanol–water partition coefficient (Wildman–Crippen LogP) is 4.23. The van der Waals surface area contributed by atoms with E-state index in [1.54, 1.807) is 12.3 Å². The van der Waals surface area contributed by atoms with E-state index >= 15 is 0 Å². The van der Waals surface area contributed by atoms with Crippen molar-refractivity contribution in [1.82, 2.24) is 0 Å². The van der Waals surface area contributed by atoms with Gasteiger partial charge < -0.3 is 0 Å². The summed E-state index contributed by atoms with van der Waals surface area (Å²) >= 11 is 0. The largest absolute Gasteiger partial charge is 0.266 e. The van der Waals surface area contributed by atoms with Gasteiger partial charge in [0, 0.05) is 18.3 Å². The Morgan fingerprint density at radius 3 is 2.40 bits per heavy atom. The Morgan fingerprint density at radius 2 is 1.93 bits per heavy atom. The van der Waals surface area contributed by atoms with Crippen LogP contribution in [0.5, 0.6) is 0 Å². The molecule has 0 rings (SSSR count). The quantitative estimate of drug-likeness (QED) is 0.450. The van der Waals surface area contributed by atoms with E-state index in [0.717, 1.165) is 23.3 Å². The van der Waals surface area contributed by atoms with Crippen LogP contribution in [0.25, 0.3) is 0 Å². The minimum Gasteiger partial charge on any atom is -0.266 e. The van der Waals surface area contributed by atoms with Gasteiger partial charge in [0.25, 0.3) is 0 Å². The van der Waals surface area contributed by atoms with Gasteiger partial charge in [0.2, 0.25) is 0 Å². The van der Waals surface area contributed by atoms with Crippen LogP contribution in [0.1, 0.15) is 20.3 Å². The average molecular weight is 201 g/mol. The minimum atomic E-state index is 0.802. The van der Waals surface area contributed by atoms with E-state index in [0.29, 0.717) is 0 Å². The molecular weight excluding hydrogens is 182 g/mol. The maximum absolute atomic E-state index is 4.29.